The number of anilines is 1. The number of ether oxygens (including phenoxy) is 1. The van der Waals surface area contributed by atoms with E-state index >= 15 is 0 Å². The zero-order valence-corrected chi connectivity index (χ0v) is 9.46. The minimum atomic E-state index is -0.395. The van der Waals surface area contributed by atoms with Crippen LogP contribution >= 0.6 is 0 Å². The maximum absolute atomic E-state index is 11.2. The van der Waals surface area contributed by atoms with Gasteiger partial charge in [-0.25, -0.2) is 4.79 Å². The highest BCUT2D eigenvalue weighted by Crippen LogP contribution is 2.17. The summed E-state index contributed by atoms with van der Waals surface area (Å²) in [7, 11) is 0. The SMILES string of the molecule is CCOC(=O)Nc1cc(CC)ccc1C. The second-order valence-electron chi connectivity index (χ2n) is 3.35. The summed E-state index contributed by atoms with van der Waals surface area (Å²) in [6.07, 6.45) is 0.562. The third-order valence-electron chi connectivity index (χ3n) is 2.22. The molecule has 0 spiro atoms. The monoisotopic (exact) mass is 207 g/mol. The Bertz CT molecular complexity index is 347. The van der Waals surface area contributed by atoms with Crippen LogP contribution < -0.4 is 5.32 Å². The molecule has 82 valence electrons. The molecule has 3 nitrogen and oxygen atoms in total. The van der Waals surface area contributed by atoms with Gasteiger partial charge in [-0.1, -0.05) is 19.1 Å². The second kappa shape index (κ2) is 5.39. The van der Waals surface area contributed by atoms with Crippen molar-refractivity contribution < 1.29 is 9.53 Å². The predicted octanol–water partition coefficient (Wildman–Crippen LogP) is 3.13. The summed E-state index contributed by atoms with van der Waals surface area (Å²) in [5.74, 6) is 0. The Hall–Kier alpha value is -1.51. The third kappa shape index (κ3) is 3.27. The Kier molecular flexibility index (Phi) is 4.16. The summed E-state index contributed by atoms with van der Waals surface area (Å²) in [6, 6.07) is 6.04. The quantitative estimate of drug-likeness (QED) is 0.827. The van der Waals surface area contributed by atoms with Crippen molar-refractivity contribution in [1.82, 2.24) is 0 Å². The summed E-state index contributed by atoms with van der Waals surface area (Å²) < 4.78 is 4.82. The average Bonchev–Trinajstić information content (AvgIpc) is 2.21. The topological polar surface area (TPSA) is 38.3 Å². The Labute approximate surface area is 90.4 Å². The summed E-state index contributed by atoms with van der Waals surface area (Å²) in [5, 5.41) is 2.72. The normalized spacial score (nSPS) is 9.80. The fourth-order valence-electron chi connectivity index (χ4n) is 1.30. The van der Waals surface area contributed by atoms with Gasteiger partial charge in [0.15, 0.2) is 0 Å². The van der Waals surface area contributed by atoms with Gasteiger partial charge >= 0.3 is 6.09 Å². The zero-order chi connectivity index (χ0) is 11.3. The molecule has 0 aliphatic carbocycles. The fourth-order valence-corrected chi connectivity index (χ4v) is 1.30. The van der Waals surface area contributed by atoms with Gasteiger partial charge in [0.1, 0.15) is 0 Å². The molecule has 0 aliphatic heterocycles. The highest BCUT2D eigenvalue weighted by Gasteiger charge is 2.04. The molecule has 0 saturated carbocycles. The average molecular weight is 207 g/mol. The minimum Gasteiger partial charge on any atom is -0.450 e. The number of hydrogen-bond donors (Lipinski definition) is 1. The van der Waals surface area contributed by atoms with Crippen molar-refractivity contribution >= 4 is 11.8 Å². The second-order valence-corrected chi connectivity index (χ2v) is 3.35. The number of aryl methyl sites for hydroxylation is 2. The van der Waals surface area contributed by atoms with Gasteiger partial charge in [-0.2, -0.15) is 0 Å². The molecule has 0 atom stereocenters. The number of carbonyl (C=O) groups excluding carboxylic acids is 1. The molecule has 0 bridgehead atoms. The maximum atomic E-state index is 11.2. The van der Waals surface area contributed by atoms with Gasteiger partial charge in [-0.05, 0) is 37.5 Å². The van der Waals surface area contributed by atoms with Crippen LogP contribution in [0.5, 0.6) is 0 Å². The first kappa shape index (κ1) is 11.6. The molecule has 15 heavy (non-hydrogen) atoms. The minimum absolute atomic E-state index is 0.387. The Morgan fingerprint density at radius 1 is 1.40 bits per heavy atom. The van der Waals surface area contributed by atoms with Crippen molar-refractivity contribution in [3.8, 4) is 0 Å². The van der Waals surface area contributed by atoms with Gasteiger partial charge in [0, 0.05) is 5.69 Å². The molecule has 0 aromatic heterocycles. The summed E-state index contributed by atoms with van der Waals surface area (Å²) >= 11 is 0. The van der Waals surface area contributed by atoms with Crippen molar-refractivity contribution in [3.05, 3.63) is 29.3 Å². The van der Waals surface area contributed by atoms with E-state index in [4.69, 9.17) is 4.74 Å². The van der Waals surface area contributed by atoms with Gasteiger partial charge in [0.25, 0.3) is 0 Å². The van der Waals surface area contributed by atoms with Crippen LogP contribution in [0.15, 0.2) is 18.2 Å². The highest BCUT2D eigenvalue weighted by molar-refractivity contribution is 5.85. The molecular weight excluding hydrogens is 190 g/mol. The van der Waals surface area contributed by atoms with Gasteiger partial charge < -0.3 is 4.74 Å². The van der Waals surface area contributed by atoms with Gasteiger partial charge in [0.05, 0.1) is 6.61 Å². The molecule has 0 radical (unpaired) electrons. The zero-order valence-electron chi connectivity index (χ0n) is 9.46. The molecule has 1 aromatic carbocycles. The van der Waals surface area contributed by atoms with Crippen molar-refractivity contribution in [3.63, 3.8) is 0 Å². The lowest BCUT2D eigenvalue weighted by molar-refractivity contribution is 0.168. The van der Waals surface area contributed by atoms with E-state index in [1.807, 2.05) is 19.1 Å². The molecule has 0 aliphatic rings. The van der Waals surface area contributed by atoms with E-state index in [1.54, 1.807) is 6.92 Å². The number of rotatable bonds is 3. The Morgan fingerprint density at radius 2 is 2.13 bits per heavy atom. The van der Waals surface area contributed by atoms with Crippen molar-refractivity contribution in [2.45, 2.75) is 27.2 Å². The van der Waals surface area contributed by atoms with Crippen LogP contribution in [-0.2, 0) is 11.2 Å². The number of amides is 1. The first-order valence-corrected chi connectivity index (χ1v) is 5.20. The van der Waals surface area contributed by atoms with Gasteiger partial charge in [0.2, 0.25) is 0 Å². The van der Waals surface area contributed by atoms with E-state index in [1.165, 1.54) is 5.56 Å². The molecule has 0 saturated heterocycles. The molecular formula is C12H17NO2. The van der Waals surface area contributed by atoms with Crippen LogP contribution in [0.25, 0.3) is 0 Å². The maximum Gasteiger partial charge on any atom is 0.411 e. The lowest BCUT2D eigenvalue weighted by Crippen LogP contribution is -2.14. The summed E-state index contributed by atoms with van der Waals surface area (Å²) in [4.78, 5) is 11.2. The first-order chi connectivity index (χ1) is 7.17. The highest BCUT2D eigenvalue weighted by atomic mass is 16.5. The van der Waals surface area contributed by atoms with Crippen molar-refractivity contribution in [2.24, 2.45) is 0 Å². The number of nitrogens with one attached hydrogen (secondary N) is 1. The standard InChI is InChI=1S/C12H17NO2/c1-4-10-7-6-9(3)11(8-10)13-12(14)15-5-2/h6-8H,4-5H2,1-3H3,(H,13,14). The fraction of sp³-hybridized carbons (Fsp3) is 0.417. The Balaban J connectivity index is 2.79. The van der Waals surface area contributed by atoms with Gasteiger partial charge in [-0.15, -0.1) is 0 Å². The number of hydrogen-bond acceptors (Lipinski definition) is 2. The van der Waals surface area contributed by atoms with Crippen LogP contribution in [0.3, 0.4) is 0 Å². The number of benzene rings is 1. The third-order valence-corrected chi connectivity index (χ3v) is 2.22. The summed E-state index contributed by atoms with van der Waals surface area (Å²) in [5.41, 5.74) is 3.07. The van der Waals surface area contributed by atoms with Crippen LogP contribution in [0, 0.1) is 6.92 Å². The number of carbonyl (C=O) groups is 1. The molecule has 0 fully saturated rings. The molecule has 0 unspecified atom stereocenters. The van der Waals surface area contributed by atoms with Crippen molar-refractivity contribution in [1.29, 1.82) is 0 Å². The van der Waals surface area contributed by atoms with Crippen LogP contribution in [-0.4, -0.2) is 12.7 Å². The lowest BCUT2D eigenvalue weighted by Gasteiger charge is -2.09. The first-order valence-electron chi connectivity index (χ1n) is 5.20. The van der Waals surface area contributed by atoms with Gasteiger partial charge in [-0.3, -0.25) is 5.32 Å². The van der Waals surface area contributed by atoms with Crippen LogP contribution in [0.1, 0.15) is 25.0 Å². The molecule has 3 heteroatoms. The molecule has 1 aromatic rings. The molecule has 0 heterocycles. The molecule has 1 N–H and O–H groups in total. The van der Waals surface area contributed by atoms with E-state index in [-0.39, 0.29) is 0 Å². The van der Waals surface area contributed by atoms with Crippen LogP contribution in [0.4, 0.5) is 10.5 Å². The molecule has 1 rings (SSSR count). The largest absolute Gasteiger partial charge is 0.450 e. The smallest absolute Gasteiger partial charge is 0.411 e. The summed E-state index contributed by atoms with van der Waals surface area (Å²) in [6.45, 7) is 6.22. The lowest BCUT2D eigenvalue weighted by atomic mass is 10.1. The van der Waals surface area contributed by atoms with E-state index in [0.717, 1.165) is 17.7 Å². The van der Waals surface area contributed by atoms with Crippen molar-refractivity contribution in [2.75, 3.05) is 11.9 Å². The van der Waals surface area contributed by atoms with E-state index in [9.17, 15) is 4.79 Å². The van der Waals surface area contributed by atoms with E-state index in [0.29, 0.717) is 6.61 Å². The van der Waals surface area contributed by atoms with E-state index < -0.39 is 6.09 Å². The van der Waals surface area contributed by atoms with Crippen LogP contribution in [0.2, 0.25) is 0 Å². The Morgan fingerprint density at radius 3 is 2.73 bits per heavy atom. The predicted molar refractivity (Wildman–Crippen MR) is 61.2 cm³/mol. The molecule has 1 amide bonds. The van der Waals surface area contributed by atoms with E-state index in [2.05, 4.69) is 18.3 Å².